The zero-order valence-electron chi connectivity index (χ0n) is 27.4. The maximum atomic E-state index is 14.2. The van der Waals surface area contributed by atoms with E-state index in [1.54, 1.807) is 11.0 Å². The number of aromatic amines is 1. The normalized spacial score (nSPS) is 18.3. The number of carbonyl (C=O) groups excluding carboxylic acids is 2. The third kappa shape index (κ3) is 12.4. The SMILES string of the molecule is CC1C(N(C=O)CC#N)[C@H]1C.CCNCCC(c1nn[nH]n1)c1ccc(F)cc1CCC(/C=C(\C)CC)=C(\C)CC.NC=O. The second kappa shape index (κ2) is 20.9. The molecular formula is C33H51FN8O2. The Morgan fingerprint density at radius 1 is 1.20 bits per heavy atom. The third-order valence-corrected chi connectivity index (χ3v) is 8.27. The summed E-state index contributed by atoms with van der Waals surface area (Å²) in [6.07, 6.45) is 7.89. The van der Waals surface area contributed by atoms with Crippen LogP contribution in [0.15, 0.2) is 41.0 Å². The monoisotopic (exact) mass is 610 g/mol. The van der Waals surface area contributed by atoms with Gasteiger partial charge in [0.15, 0.2) is 5.82 Å². The Balaban J connectivity index is 0.000000571. The molecule has 0 bridgehead atoms. The number of allylic oxidation sites excluding steroid dienone is 4. The summed E-state index contributed by atoms with van der Waals surface area (Å²) in [4.78, 5) is 20.6. The highest BCUT2D eigenvalue weighted by molar-refractivity contribution is 5.49. The molecule has 4 N–H and O–H groups in total. The van der Waals surface area contributed by atoms with Crippen molar-refractivity contribution < 1.29 is 14.0 Å². The number of rotatable bonds is 15. The van der Waals surface area contributed by atoms with Gasteiger partial charge in [0.05, 0.1) is 6.07 Å². The first-order valence-electron chi connectivity index (χ1n) is 15.4. The van der Waals surface area contributed by atoms with Crippen molar-refractivity contribution in [2.24, 2.45) is 17.6 Å². The van der Waals surface area contributed by atoms with E-state index >= 15 is 0 Å². The average molecular weight is 611 g/mol. The van der Waals surface area contributed by atoms with Crippen LogP contribution in [0.5, 0.6) is 0 Å². The lowest BCUT2D eigenvalue weighted by Gasteiger charge is -2.19. The number of halogens is 1. The first-order valence-corrected chi connectivity index (χ1v) is 15.4. The van der Waals surface area contributed by atoms with Crippen LogP contribution in [0.25, 0.3) is 0 Å². The number of hydrogen-bond acceptors (Lipinski definition) is 7. The molecule has 11 heteroatoms. The summed E-state index contributed by atoms with van der Waals surface area (Å²) in [5.41, 5.74) is 10.4. The molecule has 3 unspecified atom stereocenters. The van der Waals surface area contributed by atoms with Gasteiger partial charge in [0.2, 0.25) is 12.8 Å². The summed E-state index contributed by atoms with van der Waals surface area (Å²) in [5, 5.41) is 26.5. The molecule has 10 nitrogen and oxygen atoms in total. The van der Waals surface area contributed by atoms with Gasteiger partial charge in [-0.25, -0.2) is 4.39 Å². The smallest absolute Gasteiger partial charge is 0.210 e. The Morgan fingerprint density at radius 3 is 2.39 bits per heavy atom. The minimum atomic E-state index is -0.203. The molecule has 1 saturated carbocycles. The van der Waals surface area contributed by atoms with Gasteiger partial charge >= 0.3 is 0 Å². The fourth-order valence-electron chi connectivity index (χ4n) is 5.13. The molecule has 4 atom stereocenters. The second-order valence-corrected chi connectivity index (χ2v) is 11.1. The number of H-pyrrole nitrogens is 1. The molecule has 0 spiro atoms. The number of carbonyl (C=O) groups is 2. The molecule has 1 aliphatic carbocycles. The van der Waals surface area contributed by atoms with Crippen LogP contribution in [0.1, 0.15) is 97.0 Å². The fraction of sp³-hybridized carbons (Fsp3) is 0.576. The minimum Gasteiger partial charge on any atom is -0.372 e. The van der Waals surface area contributed by atoms with Crippen LogP contribution in [-0.4, -0.2) is 64.0 Å². The van der Waals surface area contributed by atoms with E-state index < -0.39 is 0 Å². The topological polar surface area (TPSA) is 154 Å². The maximum Gasteiger partial charge on any atom is 0.210 e. The highest BCUT2D eigenvalue weighted by Crippen LogP contribution is 2.41. The van der Waals surface area contributed by atoms with Crippen LogP contribution >= 0.6 is 0 Å². The average Bonchev–Trinajstić information content (AvgIpc) is 3.36. The van der Waals surface area contributed by atoms with E-state index in [-0.39, 0.29) is 24.7 Å². The quantitative estimate of drug-likeness (QED) is 0.108. The van der Waals surface area contributed by atoms with Gasteiger partial charge < -0.3 is 16.0 Å². The third-order valence-electron chi connectivity index (χ3n) is 8.27. The summed E-state index contributed by atoms with van der Waals surface area (Å²) in [6, 6.07) is 7.39. The molecule has 2 aromatic rings. The number of nitrogens with zero attached hydrogens (tertiary/aromatic N) is 5. The lowest BCUT2D eigenvalue weighted by atomic mass is 9.87. The Hall–Kier alpha value is -3.91. The van der Waals surface area contributed by atoms with Gasteiger partial charge in [-0.1, -0.05) is 63.1 Å². The molecule has 0 saturated heterocycles. The van der Waals surface area contributed by atoms with Gasteiger partial charge in [0.1, 0.15) is 12.4 Å². The van der Waals surface area contributed by atoms with Crippen LogP contribution < -0.4 is 11.1 Å². The van der Waals surface area contributed by atoms with Gasteiger partial charge in [0.25, 0.3) is 0 Å². The molecule has 1 aliphatic rings. The van der Waals surface area contributed by atoms with Gasteiger partial charge in [0, 0.05) is 12.0 Å². The number of hydrogen-bond donors (Lipinski definition) is 3. The molecule has 0 aliphatic heterocycles. The van der Waals surface area contributed by atoms with Gasteiger partial charge in [-0.15, -0.1) is 10.2 Å². The summed E-state index contributed by atoms with van der Waals surface area (Å²) in [7, 11) is 0. The number of amides is 2. The van der Waals surface area contributed by atoms with Gasteiger partial charge in [-0.05, 0) is 99.7 Å². The van der Waals surface area contributed by atoms with E-state index in [4.69, 9.17) is 10.1 Å². The van der Waals surface area contributed by atoms with Crippen molar-refractivity contribution in [2.45, 2.75) is 92.5 Å². The lowest BCUT2D eigenvalue weighted by Crippen LogP contribution is -2.26. The van der Waals surface area contributed by atoms with Crippen LogP contribution in [0.3, 0.4) is 0 Å². The number of tetrazole rings is 1. The molecule has 1 aromatic heterocycles. The van der Waals surface area contributed by atoms with E-state index in [9.17, 15) is 9.18 Å². The molecular weight excluding hydrogens is 559 g/mol. The van der Waals surface area contributed by atoms with E-state index in [0.717, 1.165) is 62.7 Å². The maximum absolute atomic E-state index is 14.2. The number of nitrogens with two attached hydrogens (primary N) is 1. The van der Waals surface area contributed by atoms with Gasteiger partial charge in [-0.3, -0.25) is 9.59 Å². The van der Waals surface area contributed by atoms with Crippen LogP contribution in [0, 0.1) is 29.0 Å². The van der Waals surface area contributed by atoms with Crippen molar-refractivity contribution in [1.82, 2.24) is 30.8 Å². The molecule has 242 valence electrons. The molecule has 3 rings (SSSR count). The predicted molar refractivity (Wildman–Crippen MR) is 172 cm³/mol. The Kier molecular flexibility index (Phi) is 18.1. The highest BCUT2D eigenvalue weighted by atomic mass is 19.1. The number of primary amides is 1. The zero-order valence-corrected chi connectivity index (χ0v) is 27.4. The molecule has 44 heavy (non-hydrogen) atoms. The fourth-order valence-corrected chi connectivity index (χ4v) is 5.13. The van der Waals surface area contributed by atoms with Crippen LogP contribution in [0.4, 0.5) is 4.39 Å². The van der Waals surface area contributed by atoms with Crippen molar-refractivity contribution in [1.29, 1.82) is 5.26 Å². The summed E-state index contributed by atoms with van der Waals surface area (Å²) < 4.78 is 14.2. The van der Waals surface area contributed by atoms with Crippen LogP contribution in [-0.2, 0) is 16.0 Å². The standard InChI is InChI=1S/C24H36FN5.C8H12N2O.CH3NO/c1-6-17(4)15-19(18(5)7-2)9-10-20-16-21(25)11-12-22(20)23(13-14-26-8-3)24-27-29-30-28-24;1-6-7(2)8(6)10(5-11)4-3-9;2-1-3/h11-12,15-16,23,26H,6-10,13-14H2,1-5H3,(H,27,28,29,30);5-8H,4H2,1-2H3;1H,(H2,2,3)/b17-15+,19-18-;;/t;6-,7?,8?;/m.0./s1. The number of nitrogens with one attached hydrogen (secondary N) is 2. The Labute approximate surface area is 262 Å². The van der Waals surface area contributed by atoms with Crippen molar-refractivity contribution in [3.63, 3.8) is 0 Å². The minimum absolute atomic E-state index is 0.0222. The molecule has 0 radical (unpaired) electrons. The number of aryl methyl sites for hydroxylation is 1. The first kappa shape index (κ1) is 38.1. The number of nitriles is 1. The molecule has 2 amide bonds. The predicted octanol–water partition coefficient (Wildman–Crippen LogP) is 5.21. The van der Waals surface area contributed by atoms with E-state index in [0.29, 0.717) is 23.7 Å². The molecule has 1 fully saturated rings. The van der Waals surface area contributed by atoms with Crippen molar-refractivity contribution in [2.75, 3.05) is 19.6 Å². The van der Waals surface area contributed by atoms with Crippen molar-refractivity contribution >= 4 is 12.8 Å². The first-order chi connectivity index (χ1) is 21.1. The second-order valence-electron chi connectivity index (χ2n) is 11.1. The number of benzene rings is 1. The highest BCUT2D eigenvalue weighted by Gasteiger charge is 2.46. The van der Waals surface area contributed by atoms with Crippen molar-refractivity contribution in [3.05, 3.63) is 63.8 Å². The largest absolute Gasteiger partial charge is 0.372 e. The number of aromatic nitrogens is 4. The lowest BCUT2D eigenvalue weighted by molar-refractivity contribution is -0.118. The Bertz CT molecular complexity index is 1230. The molecule has 1 heterocycles. The van der Waals surface area contributed by atoms with Crippen molar-refractivity contribution in [3.8, 4) is 6.07 Å². The Morgan fingerprint density at radius 2 is 1.89 bits per heavy atom. The summed E-state index contributed by atoms with van der Waals surface area (Å²) in [5.74, 6) is 1.56. The summed E-state index contributed by atoms with van der Waals surface area (Å²) >= 11 is 0. The molecule has 1 aromatic carbocycles. The van der Waals surface area contributed by atoms with E-state index in [1.807, 2.05) is 12.1 Å². The zero-order chi connectivity index (χ0) is 33.1. The van der Waals surface area contributed by atoms with E-state index in [1.165, 1.54) is 22.8 Å². The van der Waals surface area contributed by atoms with E-state index in [2.05, 4.69) is 86.2 Å². The summed E-state index contributed by atoms with van der Waals surface area (Å²) in [6.45, 7) is 17.0. The van der Waals surface area contributed by atoms with Gasteiger partial charge in [-0.2, -0.15) is 10.5 Å². The van der Waals surface area contributed by atoms with Crippen LogP contribution in [0.2, 0.25) is 0 Å².